The Morgan fingerprint density at radius 2 is 2.00 bits per heavy atom. The van der Waals surface area contributed by atoms with Crippen molar-refractivity contribution in [3.63, 3.8) is 0 Å². The van der Waals surface area contributed by atoms with E-state index in [1.54, 1.807) is 0 Å². The molecule has 2 rings (SSSR count). The Bertz CT molecular complexity index is 600. The zero-order chi connectivity index (χ0) is 20.2. The van der Waals surface area contributed by atoms with E-state index >= 15 is 0 Å². The lowest BCUT2D eigenvalue weighted by Crippen LogP contribution is -2.41. The minimum absolute atomic E-state index is 0.561. The monoisotopic (exact) mass is 390 g/mol. The van der Waals surface area contributed by atoms with Crippen LogP contribution in [0.4, 0.5) is 0 Å². The molecule has 0 saturated carbocycles. The Kier molecular flexibility index (Phi) is 10.1. The molecule has 2 N–H and O–H groups in total. The van der Waals surface area contributed by atoms with Crippen LogP contribution in [0.2, 0.25) is 0 Å². The first kappa shape index (κ1) is 22.5. The average Bonchev–Trinajstić information content (AvgIpc) is 3.19. The number of ether oxygens (including phenoxy) is 2. The van der Waals surface area contributed by atoms with Crippen molar-refractivity contribution in [2.24, 2.45) is 10.9 Å². The molecule has 1 unspecified atom stereocenters. The van der Waals surface area contributed by atoms with Gasteiger partial charge in [0.05, 0.1) is 6.61 Å². The molecule has 6 heteroatoms. The molecule has 28 heavy (non-hydrogen) atoms. The molecule has 6 nitrogen and oxygen atoms in total. The maximum Gasteiger partial charge on any atom is 0.191 e. The minimum Gasteiger partial charge on any atom is -0.491 e. The third kappa shape index (κ3) is 8.07. The first-order valence-electron chi connectivity index (χ1n) is 10.6. The number of guanidine groups is 1. The SMILES string of the molecule is CCOCCOc1cc(C)ccc1CNC(=NC)NCC(C)CN1CCCC1. The summed E-state index contributed by atoms with van der Waals surface area (Å²) in [5, 5.41) is 6.87. The summed E-state index contributed by atoms with van der Waals surface area (Å²) in [7, 11) is 1.81. The van der Waals surface area contributed by atoms with Crippen LogP contribution >= 0.6 is 0 Å². The van der Waals surface area contributed by atoms with Gasteiger partial charge in [-0.2, -0.15) is 0 Å². The number of hydrogen-bond donors (Lipinski definition) is 2. The van der Waals surface area contributed by atoms with E-state index in [1.807, 2.05) is 14.0 Å². The lowest BCUT2D eigenvalue weighted by molar-refractivity contribution is 0.110. The number of nitrogens with one attached hydrogen (secondary N) is 2. The smallest absolute Gasteiger partial charge is 0.191 e. The van der Waals surface area contributed by atoms with Crippen molar-refractivity contribution in [2.75, 3.05) is 53.0 Å². The van der Waals surface area contributed by atoms with Crippen LogP contribution in [0.5, 0.6) is 5.75 Å². The standard InChI is InChI=1S/C22H38N4O2/c1-5-27-12-13-28-21-14-18(2)8-9-20(21)16-25-22(23-4)24-15-19(3)17-26-10-6-7-11-26/h8-9,14,19H,5-7,10-13,15-17H2,1-4H3,(H2,23,24,25). The van der Waals surface area contributed by atoms with Crippen molar-refractivity contribution in [3.8, 4) is 5.75 Å². The molecule has 0 aromatic heterocycles. The molecule has 0 spiro atoms. The van der Waals surface area contributed by atoms with E-state index in [9.17, 15) is 0 Å². The van der Waals surface area contributed by atoms with Crippen molar-refractivity contribution < 1.29 is 9.47 Å². The largest absolute Gasteiger partial charge is 0.491 e. The van der Waals surface area contributed by atoms with E-state index in [0.717, 1.165) is 30.4 Å². The fourth-order valence-corrected chi connectivity index (χ4v) is 3.44. The summed E-state index contributed by atoms with van der Waals surface area (Å²) in [6.07, 6.45) is 2.68. The van der Waals surface area contributed by atoms with Gasteiger partial charge in [0.25, 0.3) is 0 Å². The van der Waals surface area contributed by atoms with Crippen molar-refractivity contribution in [1.82, 2.24) is 15.5 Å². The van der Waals surface area contributed by atoms with Gasteiger partial charge >= 0.3 is 0 Å². The van der Waals surface area contributed by atoms with E-state index in [-0.39, 0.29) is 0 Å². The molecule has 1 aliphatic rings. The molecule has 0 aliphatic carbocycles. The van der Waals surface area contributed by atoms with E-state index < -0.39 is 0 Å². The Balaban J connectivity index is 1.79. The van der Waals surface area contributed by atoms with Gasteiger partial charge in [0.1, 0.15) is 12.4 Å². The summed E-state index contributed by atoms with van der Waals surface area (Å²) in [4.78, 5) is 6.92. The van der Waals surface area contributed by atoms with Crippen LogP contribution in [0.15, 0.2) is 23.2 Å². The van der Waals surface area contributed by atoms with Crippen LogP contribution < -0.4 is 15.4 Å². The summed E-state index contributed by atoms with van der Waals surface area (Å²) in [6, 6.07) is 6.31. The van der Waals surface area contributed by atoms with Gasteiger partial charge in [-0.25, -0.2) is 0 Å². The quantitative estimate of drug-likeness (QED) is 0.346. The first-order valence-corrected chi connectivity index (χ1v) is 10.6. The zero-order valence-corrected chi connectivity index (χ0v) is 18.1. The van der Waals surface area contributed by atoms with Gasteiger partial charge in [-0.15, -0.1) is 0 Å². The van der Waals surface area contributed by atoms with Gasteiger partial charge in [-0.05, 0) is 57.3 Å². The van der Waals surface area contributed by atoms with Crippen molar-refractivity contribution >= 4 is 5.96 Å². The molecule has 1 aromatic carbocycles. The molecule has 0 radical (unpaired) electrons. The highest BCUT2D eigenvalue weighted by atomic mass is 16.5. The topological polar surface area (TPSA) is 58.1 Å². The number of benzene rings is 1. The predicted molar refractivity (Wildman–Crippen MR) is 116 cm³/mol. The van der Waals surface area contributed by atoms with Crippen LogP contribution in [-0.2, 0) is 11.3 Å². The number of aliphatic imine (C=N–C) groups is 1. The van der Waals surface area contributed by atoms with Gasteiger partial charge in [0, 0.05) is 38.9 Å². The molecule has 0 bridgehead atoms. The van der Waals surface area contributed by atoms with Crippen LogP contribution in [0.25, 0.3) is 0 Å². The molecule has 1 heterocycles. The third-order valence-corrected chi connectivity index (χ3v) is 4.97. The lowest BCUT2D eigenvalue weighted by Gasteiger charge is -2.21. The maximum absolute atomic E-state index is 5.93. The number of hydrogen-bond acceptors (Lipinski definition) is 4. The van der Waals surface area contributed by atoms with Crippen molar-refractivity contribution in [3.05, 3.63) is 29.3 Å². The van der Waals surface area contributed by atoms with Gasteiger partial charge < -0.3 is 25.0 Å². The van der Waals surface area contributed by atoms with Crippen LogP contribution in [0.3, 0.4) is 0 Å². The normalized spacial score (nSPS) is 16.2. The van der Waals surface area contributed by atoms with Gasteiger partial charge in [0.15, 0.2) is 5.96 Å². The second-order valence-electron chi connectivity index (χ2n) is 7.58. The Morgan fingerprint density at radius 1 is 1.21 bits per heavy atom. The Labute approximate surface area is 170 Å². The molecule has 1 atom stereocenters. The highest BCUT2D eigenvalue weighted by Crippen LogP contribution is 2.20. The lowest BCUT2D eigenvalue weighted by atomic mass is 10.1. The second-order valence-corrected chi connectivity index (χ2v) is 7.58. The predicted octanol–water partition coefficient (Wildman–Crippen LogP) is 2.81. The number of nitrogens with zero attached hydrogens (tertiary/aromatic N) is 2. The van der Waals surface area contributed by atoms with E-state index in [0.29, 0.717) is 32.3 Å². The van der Waals surface area contributed by atoms with Crippen molar-refractivity contribution in [2.45, 2.75) is 40.2 Å². The molecule has 0 amide bonds. The van der Waals surface area contributed by atoms with Gasteiger partial charge in [-0.1, -0.05) is 19.1 Å². The summed E-state index contributed by atoms with van der Waals surface area (Å²) in [5.41, 5.74) is 2.31. The summed E-state index contributed by atoms with van der Waals surface area (Å²) in [6.45, 7) is 13.5. The molecule has 158 valence electrons. The molecule has 1 fully saturated rings. The summed E-state index contributed by atoms with van der Waals surface area (Å²) in [5.74, 6) is 2.33. The van der Waals surface area contributed by atoms with Gasteiger partial charge in [-0.3, -0.25) is 4.99 Å². The molecular weight excluding hydrogens is 352 g/mol. The van der Waals surface area contributed by atoms with E-state index in [4.69, 9.17) is 9.47 Å². The Hall–Kier alpha value is -1.79. The van der Waals surface area contributed by atoms with Crippen molar-refractivity contribution in [1.29, 1.82) is 0 Å². The second kappa shape index (κ2) is 12.6. The number of rotatable bonds is 11. The van der Waals surface area contributed by atoms with Crippen LogP contribution in [0.1, 0.15) is 37.8 Å². The number of aryl methyl sites for hydroxylation is 1. The first-order chi connectivity index (χ1) is 13.6. The fourth-order valence-electron chi connectivity index (χ4n) is 3.44. The summed E-state index contributed by atoms with van der Waals surface area (Å²) >= 11 is 0. The Morgan fingerprint density at radius 3 is 2.71 bits per heavy atom. The summed E-state index contributed by atoms with van der Waals surface area (Å²) < 4.78 is 11.3. The molecule has 1 saturated heterocycles. The third-order valence-electron chi connectivity index (χ3n) is 4.97. The van der Waals surface area contributed by atoms with Crippen LogP contribution in [0, 0.1) is 12.8 Å². The minimum atomic E-state index is 0.561. The van der Waals surface area contributed by atoms with Gasteiger partial charge in [0.2, 0.25) is 0 Å². The maximum atomic E-state index is 5.93. The van der Waals surface area contributed by atoms with E-state index in [1.165, 1.54) is 31.5 Å². The fraction of sp³-hybridized carbons (Fsp3) is 0.682. The highest BCUT2D eigenvalue weighted by molar-refractivity contribution is 5.79. The van der Waals surface area contributed by atoms with E-state index in [2.05, 4.69) is 52.6 Å². The average molecular weight is 391 g/mol. The number of likely N-dealkylation sites (tertiary alicyclic amines) is 1. The zero-order valence-electron chi connectivity index (χ0n) is 18.1. The van der Waals surface area contributed by atoms with Crippen LogP contribution in [-0.4, -0.2) is 63.9 Å². The molecule has 1 aliphatic heterocycles. The molecule has 1 aromatic rings. The highest BCUT2D eigenvalue weighted by Gasteiger charge is 2.15. The molecular formula is C22H38N4O2.